The molecular weight excluding hydrogens is 297 g/mol. The van der Waals surface area contributed by atoms with E-state index in [-0.39, 0.29) is 24.6 Å². The van der Waals surface area contributed by atoms with E-state index in [4.69, 9.17) is 5.11 Å². The van der Waals surface area contributed by atoms with Gasteiger partial charge in [0.25, 0.3) is 0 Å². The van der Waals surface area contributed by atoms with Crippen molar-refractivity contribution in [3.63, 3.8) is 0 Å². The number of carbonyl (C=O) groups is 1. The highest BCUT2D eigenvalue weighted by Gasteiger charge is 2.35. The molecule has 1 aliphatic heterocycles. The van der Waals surface area contributed by atoms with Crippen LogP contribution in [0.25, 0.3) is 0 Å². The highest BCUT2D eigenvalue weighted by molar-refractivity contribution is 7.88. The van der Waals surface area contributed by atoms with Gasteiger partial charge in [0.2, 0.25) is 10.0 Å². The molecule has 1 heterocycles. The molecule has 1 fully saturated rings. The lowest BCUT2D eigenvalue weighted by atomic mass is 9.92. The van der Waals surface area contributed by atoms with Gasteiger partial charge in [-0.3, -0.25) is 4.79 Å². The monoisotopic (exact) mass is 315 g/mol. The Morgan fingerprint density at radius 1 is 1.38 bits per heavy atom. The van der Waals surface area contributed by atoms with Crippen molar-refractivity contribution in [2.75, 3.05) is 13.1 Å². The number of rotatable bonds is 4. The average molecular weight is 315 g/mol. The van der Waals surface area contributed by atoms with Crippen molar-refractivity contribution in [2.45, 2.75) is 19.1 Å². The Kier molecular flexibility index (Phi) is 4.63. The maximum atomic E-state index is 13.6. The molecule has 2 atom stereocenters. The van der Waals surface area contributed by atoms with Gasteiger partial charge in [-0.05, 0) is 18.4 Å². The fraction of sp³-hybridized carbons (Fsp3) is 0.500. The van der Waals surface area contributed by atoms with Crippen LogP contribution < -0.4 is 0 Å². The predicted octanol–water partition coefficient (Wildman–Crippen LogP) is 1.70. The Labute approximate surface area is 123 Å². The summed E-state index contributed by atoms with van der Waals surface area (Å²) in [5.41, 5.74) is 0.0996. The Morgan fingerprint density at radius 2 is 2.05 bits per heavy atom. The predicted molar refractivity (Wildman–Crippen MR) is 75.5 cm³/mol. The largest absolute Gasteiger partial charge is 0.481 e. The van der Waals surface area contributed by atoms with Gasteiger partial charge in [-0.15, -0.1) is 0 Å². The van der Waals surface area contributed by atoms with Gasteiger partial charge >= 0.3 is 5.97 Å². The maximum Gasteiger partial charge on any atom is 0.307 e. The minimum absolute atomic E-state index is 0.0322. The Balaban J connectivity index is 2.19. The molecule has 0 amide bonds. The van der Waals surface area contributed by atoms with Gasteiger partial charge in [-0.25, -0.2) is 17.1 Å². The van der Waals surface area contributed by atoms with E-state index < -0.39 is 33.5 Å². The molecule has 1 aliphatic rings. The number of carboxylic acid groups (broad SMARTS) is 1. The van der Waals surface area contributed by atoms with Crippen molar-refractivity contribution in [3.8, 4) is 0 Å². The molecule has 21 heavy (non-hydrogen) atoms. The maximum absolute atomic E-state index is 13.6. The third kappa shape index (κ3) is 3.79. The van der Waals surface area contributed by atoms with Gasteiger partial charge in [-0.2, -0.15) is 0 Å². The van der Waals surface area contributed by atoms with E-state index in [9.17, 15) is 17.6 Å². The van der Waals surface area contributed by atoms with E-state index in [0.717, 1.165) is 0 Å². The first kappa shape index (κ1) is 15.9. The van der Waals surface area contributed by atoms with Gasteiger partial charge in [0.15, 0.2) is 0 Å². The van der Waals surface area contributed by atoms with Gasteiger partial charge < -0.3 is 5.11 Å². The molecule has 7 heteroatoms. The summed E-state index contributed by atoms with van der Waals surface area (Å²) >= 11 is 0. The van der Waals surface area contributed by atoms with Crippen LogP contribution in [-0.4, -0.2) is 36.9 Å². The molecule has 2 rings (SSSR count). The van der Waals surface area contributed by atoms with Crippen molar-refractivity contribution < 1.29 is 22.7 Å². The molecular formula is C14H18FNO4S. The second-order valence-electron chi connectivity index (χ2n) is 5.54. The summed E-state index contributed by atoms with van der Waals surface area (Å²) in [6.07, 6.45) is 0.459. The highest BCUT2D eigenvalue weighted by atomic mass is 32.2. The SMILES string of the molecule is CC1CC(C(=O)O)CN(S(=O)(=O)Cc2ccccc2F)C1. The molecule has 0 aromatic heterocycles. The normalized spacial score (nSPS) is 23.9. The molecule has 1 saturated heterocycles. The minimum atomic E-state index is -3.73. The number of halogens is 1. The standard InChI is InChI=1S/C14H18FNO4S/c1-10-6-12(14(17)18)8-16(7-10)21(19,20)9-11-4-2-3-5-13(11)15/h2-5,10,12H,6-9H2,1H3,(H,17,18). The molecule has 1 N–H and O–H groups in total. The second-order valence-corrected chi connectivity index (χ2v) is 7.51. The van der Waals surface area contributed by atoms with E-state index in [1.54, 1.807) is 6.07 Å². The Hall–Kier alpha value is -1.47. The van der Waals surface area contributed by atoms with E-state index >= 15 is 0 Å². The summed E-state index contributed by atoms with van der Waals surface area (Å²) < 4.78 is 39.5. The lowest BCUT2D eigenvalue weighted by Gasteiger charge is -2.33. The van der Waals surface area contributed by atoms with Crippen LogP contribution in [0, 0.1) is 17.7 Å². The number of hydrogen-bond donors (Lipinski definition) is 1. The zero-order valence-corrected chi connectivity index (χ0v) is 12.5. The number of nitrogens with zero attached hydrogens (tertiary/aromatic N) is 1. The number of aliphatic carboxylic acids is 1. The number of benzene rings is 1. The molecule has 0 bridgehead atoms. The minimum Gasteiger partial charge on any atom is -0.481 e. The van der Waals surface area contributed by atoms with Crippen LogP contribution in [-0.2, 0) is 20.6 Å². The lowest BCUT2D eigenvalue weighted by molar-refractivity contribution is -0.143. The highest BCUT2D eigenvalue weighted by Crippen LogP contribution is 2.25. The number of sulfonamides is 1. The summed E-state index contributed by atoms with van der Waals surface area (Å²) in [6.45, 7) is 2.05. The third-order valence-corrected chi connectivity index (χ3v) is 5.43. The zero-order chi connectivity index (χ0) is 15.6. The average Bonchev–Trinajstić information content (AvgIpc) is 2.40. The van der Waals surface area contributed by atoms with Crippen LogP contribution in [0.1, 0.15) is 18.9 Å². The van der Waals surface area contributed by atoms with Crippen LogP contribution in [0.4, 0.5) is 4.39 Å². The van der Waals surface area contributed by atoms with Crippen molar-refractivity contribution in [2.24, 2.45) is 11.8 Å². The van der Waals surface area contributed by atoms with E-state index in [1.807, 2.05) is 6.92 Å². The summed E-state index contributed by atoms with van der Waals surface area (Å²) in [7, 11) is -3.73. The van der Waals surface area contributed by atoms with Gasteiger partial charge in [0, 0.05) is 18.7 Å². The second kappa shape index (κ2) is 6.11. The summed E-state index contributed by atoms with van der Waals surface area (Å²) in [6, 6.07) is 5.71. The van der Waals surface area contributed by atoms with Crippen molar-refractivity contribution >= 4 is 16.0 Å². The summed E-state index contributed by atoms with van der Waals surface area (Å²) in [4.78, 5) is 11.1. The molecule has 116 valence electrons. The van der Waals surface area contributed by atoms with E-state index in [2.05, 4.69) is 0 Å². The molecule has 2 unspecified atom stereocenters. The molecule has 0 spiro atoms. The fourth-order valence-corrected chi connectivity index (χ4v) is 4.31. The first-order valence-electron chi connectivity index (χ1n) is 6.73. The molecule has 0 radical (unpaired) electrons. The van der Waals surface area contributed by atoms with Crippen molar-refractivity contribution in [1.29, 1.82) is 0 Å². The summed E-state index contributed by atoms with van der Waals surface area (Å²) in [5, 5.41) is 9.09. The number of piperidine rings is 1. The molecule has 0 saturated carbocycles. The van der Waals surface area contributed by atoms with Crippen molar-refractivity contribution in [1.82, 2.24) is 4.31 Å². The number of carboxylic acids is 1. The van der Waals surface area contributed by atoms with E-state index in [0.29, 0.717) is 6.42 Å². The molecule has 1 aromatic rings. The first-order chi connectivity index (χ1) is 9.79. The van der Waals surface area contributed by atoms with Crippen LogP contribution in [0.15, 0.2) is 24.3 Å². The fourth-order valence-electron chi connectivity index (χ4n) is 2.61. The topological polar surface area (TPSA) is 74.7 Å². The Morgan fingerprint density at radius 3 is 2.67 bits per heavy atom. The van der Waals surface area contributed by atoms with Crippen LogP contribution >= 0.6 is 0 Å². The number of hydrogen-bond acceptors (Lipinski definition) is 3. The Bertz CT molecular complexity index is 632. The first-order valence-corrected chi connectivity index (χ1v) is 8.34. The van der Waals surface area contributed by atoms with Crippen LogP contribution in [0.3, 0.4) is 0 Å². The lowest BCUT2D eigenvalue weighted by Crippen LogP contribution is -2.45. The quantitative estimate of drug-likeness (QED) is 0.917. The molecule has 5 nitrogen and oxygen atoms in total. The van der Waals surface area contributed by atoms with Crippen LogP contribution in [0.5, 0.6) is 0 Å². The summed E-state index contributed by atoms with van der Waals surface area (Å²) in [5.74, 6) is -2.74. The van der Waals surface area contributed by atoms with E-state index in [1.165, 1.54) is 22.5 Å². The molecule has 0 aliphatic carbocycles. The van der Waals surface area contributed by atoms with Gasteiger partial charge in [-0.1, -0.05) is 25.1 Å². The zero-order valence-electron chi connectivity index (χ0n) is 11.7. The van der Waals surface area contributed by atoms with Gasteiger partial charge in [0.05, 0.1) is 11.7 Å². The third-order valence-electron chi connectivity index (χ3n) is 3.66. The van der Waals surface area contributed by atoms with Crippen LogP contribution in [0.2, 0.25) is 0 Å². The van der Waals surface area contributed by atoms with Crippen molar-refractivity contribution in [3.05, 3.63) is 35.6 Å². The smallest absolute Gasteiger partial charge is 0.307 e. The van der Waals surface area contributed by atoms with Gasteiger partial charge in [0.1, 0.15) is 5.82 Å². The molecule has 1 aromatic carbocycles.